The fourth-order valence-electron chi connectivity index (χ4n) is 2.98. The second kappa shape index (κ2) is 4.73. The first kappa shape index (κ1) is 12.5. The number of nitrogens with two attached hydrogens (primary N) is 1. The lowest BCUT2D eigenvalue weighted by atomic mass is 9.74. The highest BCUT2D eigenvalue weighted by Crippen LogP contribution is 2.33. The largest absolute Gasteiger partial charge is 0.325 e. The number of hydrogen-bond acceptors (Lipinski definition) is 1. The van der Waals surface area contributed by atoms with E-state index in [1.165, 1.54) is 18.6 Å². The van der Waals surface area contributed by atoms with E-state index in [0.717, 1.165) is 25.3 Å². The Kier molecular flexibility index (Phi) is 3.48. The van der Waals surface area contributed by atoms with Gasteiger partial charge in [0, 0.05) is 11.6 Å². The lowest BCUT2D eigenvalue weighted by Crippen LogP contribution is -2.45. The molecule has 3 heteroatoms. The molecular formula is C14H19F2N. The third kappa shape index (κ3) is 3.25. The second-order valence-corrected chi connectivity index (χ2v) is 5.52. The summed E-state index contributed by atoms with van der Waals surface area (Å²) in [6, 6.07) is 3.67. The van der Waals surface area contributed by atoms with Crippen LogP contribution in [0, 0.1) is 17.6 Å². The Bertz CT molecular complexity index is 385. The summed E-state index contributed by atoms with van der Waals surface area (Å²) >= 11 is 0. The van der Waals surface area contributed by atoms with Crippen molar-refractivity contribution in [2.45, 2.75) is 44.6 Å². The van der Waals surface area contributed by atoms with E-state index in [4.69, 9.17) is 5.73 Å². The molecule has 1 aliphatic carbocycles. The quantitative estimate of drug-likeness (QED) is 0.840. The molecule has 1 nitrogen and oxygen atoms in total. The van der Waals surface area contributed by atoms with Crippen molar-refractivity contribution in [3.8, 4) is 0 Å². The number of benzene rings is 1. The highest BCUT2D eigenvalue weighted by atomic mass is 19.1. The van der Waals surface area contributed by atoms with Gasteiger partial charge in [-0.2, -0.15) is 0 Å². The maximum Gasteiger partial charge on any atom is 0.126 e. The van der Waals surface area contributed by atoms with Crippen molar-refractivity contribution in [3.63, 3.8) is 0 Å². The summed E-state index contributed by atoms with van der Waals surface area (Å²) in [5, 5.41) is 0. The standard InChI is InChI=1S/C14H19F2N/c1-10-3-2-4-14(17,8-10)9-11-5-12(15)7-13(16)6-11/h5-7,10H,2-4,8-9,17H2,1H3. The van der Waals surface area contributed by atoms with Gasteiger partial charge in [-0.1, -0.05) is 19.8 Å². The maximum absolute atomic E-state index is 13.1. The van der Waals surface area contributed by atoms with Crippen LogP contribution in [0.15, 0.2) is 18.2 Å². The molecule has 2 unspecified atom stereocenters. The van der Waals surface area contributed by atoms with E-state index in [1.54, 1.807) is 0 Å². The zero-order valence-corrected chi connectivity index (χ0v) is 10.2. The van der Waals surface area contributed by atoms with Gasteiger partial charge >= 0.3 is 0 Å². The lowest BCUT2D eigenvalue weighted by molar-refractivity contribution is 0.235. The van der Waals surface area contributed by atoms with E-state index in [9.17, 15) is 8.78 Å². The Morgan fingerprint density at radius 1 is 1.29 bits per heavy atom. The van der Waals surface area contributed by atoms with E-state index < -0.39 is 11.6 Å². The van der Waals surface area contributed by atoms with E-state index in [0.29, 0.717) is 17.9 Å². The molecule has 1 saturated carbocycles. The Balaban J connectivity index is 2.13. The van der Waals surface area contributed by atoms with Crippen molar-refractivity contribution in [2.75, 3.05) is 0 Å². The van der Waals surface area contributed by atoms with Crippen molar-refractivity contribution >= 4 is 0 Å². The van der Waals surface area contributed by atoms with Crippen LogP contribution in [0.3, 0.4) is 0 Å². The van der Waals surface area contributed by atoms with E-state index in [1.807, 2.05) is 0 Å². The summed E-state index contributed by atoms with van der Waals surface area (Å²) in [5.74, 6) is -0.438. The monoisotopic (exact) mass is 239 g/mol. The minimum atomic E-state index is -0.521. The highest BCUT2D eigenvalue weighted by molar-refractivity contribution is 5.20. The van der Waals surface area contributed by atoms with E-state index in [-0.39, 0.29) is 5.54 Å². The first-order valence-electron chi connectivity index (χ1n) is 6.21. The first-order valence-corrected chi connectivity index (χ1v) is 6.21. The fourth-order valence-corrected chi connectivity index (χ4v) is 2.98. The molecule has 0 saturated heterocycles. The molecule has 2 rings (SSSR count). The van der Waals surface area contributed by atoms with Crippen LogP contribution >= 0.6 is 0 Å². The Labute approximate surface area is 101 Å². The van der Waals surface area contributed by atoms with Crippen LogP contribution in [0.2, 0.25) is 0 Å². The Morgan fingerprint density at radius 3 is 2.53 bits per heavy atom. The number of rotatable bonds is 2. The molecule has 94 valence electrons. The smallest absolute Gasteiger partial charge is 0.126 e. The second-order valence-electron chi connectivity index (χ2n) is 5.52. The summed E-state index contributed by atoms with van der Waals surface area (Å²) in [4.78, 5) is 0. The third-order valence-corrected chi connectivity index (χ3v) is 3.61. The summed E-state index contributed by atoms with van der Waals surface area (Å²) in [7, 11) is 0. The molecule has 2 atom stereocenters. The van der Waals surface area contributed by atoms with Crippen molar-refractivity contribution in [1.82, 2.24) is 0 Å². The van der Waals surface area contributed by atoms with Crippen molar-refractivity contribution in [2.24, 2.45) is 11.7 Å². The molecule has 17 heavy (non-hydrogen) atoms. The lowest BCUT2D eigenvalue weighted by Gasteiger charge is -2.37. The van der Waals surface area contributed by atoms with Crippen molar-refractivity contribution < 1.29 is 8.78 Å². The summed E-state index contributed by atoms with van der Waals surface area (Å²) < 4.78 is 26.2. The average Bonchev–Trinajstić information content (AvgIpc) is 2.13. The SMILES string of the molecule is CC1CCCC(N)(Cc2cc(F)cc(F)c2)C1. The minimum Gasteiger partial charge on any atom is -0.325 e. The van der Waals surface area contributed by atoms with E-state index in [2.05, 4.69) is 6.92 Å². The van der Waals surface area contributed by atoms with E-state index >= 15 is 0 Å². The zero-order chi connectivity index (χ0) is 12.5. The predicted octanol–water partition coefficient (Wildman–Crippen LogP) is 3.41. The van der Waals surface area contributed by atoms with Crippen molar-refractivity contribution in [1.29, 1.82) is 0 Å². The molecule has 0 spiro atoms. The molecule has 0 bridgehead atoms. The number of hydrogen-bond donors (Lipinski definition) is 1. The average molecular weight is 239 g/mol. The normalized spacial score (nSPS) is 29.3. The van der Waals surface area contributed by atoms with Gasteiger partial charge in [-0.15, -0.1) is 0 Å². The molecule has 1 fully saturated rings. The van der Waals surface area contributed by atoms with Gasteiger partial charge in [0.1, 0.15) is 11.6 Å². The molecule has 0 aliphatic heterocycles. The van der Waals surface area contributed by atoms with Gasteiger partial charge in [0.15, 0.2) is 0 Å². The van der Waals surface area contributed by atoms with Gasteiger partial charge < -0.3 is 5.73 Å². The summed E-state index contributed by atoms with van der Waals surface area (Å²) in [6.45, 7) is 2.19. The topological polar surface area (TPSA) is 26.0 Å². The minimum absolute atomic E-state index is 0.294. The highest BCUT2D eigenvalue weighted by Gasteiger charge is 2.31. The van der Waals surface area contributed by atoms with Gasteiger partial charge in [0.2, 0.25) is 0 Å². The van der Waals surface area contributed by atoms with Gasteiger partial charge in [0.05, 0.1) is 0 Å². The molecule has 0 amide bonds. The van der Waals surface area contributed by atoms with Gasteiger partial charge in [0.25, 0.3) is 0 Å². The molecule has 1 aromatic rings. The molecule has 1 aromatic carbocycles. The van der Waals surface area contributed by atoms with Crippen molar-refractivity contribution in [3.05, 3.63) is 35.4 Å². The Hall–Kier alpha value is -0.960. The summed E-state index contributed by atoms with van der Waals surface area (Å²) in [5.41, 5.74) is 6.71. The fraction of sp³-hybridized carbons (Fsp3) is 0.571. The molecule has 1 aliphatic rings. The van der Waals surface area contributed by atoms with Crippen LogP contribution in [-0.2, 0) is 6.42 Å². The first-order chi connectivity index (χ1) is 7.97. The Morgan fingerprint density at radius 2 is 1.94 bits per heavy atom. The molecular weight excluding hydrogens is 220 g/mol. The van der Waals surface area contributed by atoms with Crippen LogP contribution < -0.4 is 5.73 Å². The number of halogens is 2. The van der Waals surface area contributed by atoms with Crippen LogP contribution in [-0.4, -0.2) is 5.54 Å². The van der Waals surface area contributed by atoms with Gasteiger partial charge in [-0.05, 0) is 42.9 Å². The molecule has 0 heterocycles. The zero-order valence-electron chi connectivity index (χ0n) is 10.2. The van der Waals surface area contributed by atoms with Crippen LogP contribution in [0.25, 0.3) is 0 Å². The third-order valence-electron chi connectivity index (χ3n) is 3.61. The molecule has 2 N–H and O–H groups in total. The summed E-state index contributed by atoms with van der Waals surface area (Å²) in [6.07, 6.45) is 4.75. The maximum atomic E-state index is 13.1. The van der Waals surface area contributed by atoms with Crippen LogP contribution in [0.1, 0.15) is 38.2 Å². The molecule has 0 radical (unpaired) electrons. The van der Waals surface area contributed by atoms with Crippen LogP contribution in [0.4, 0.5) is 8.78 Å². The van der Waals surface area contributed by atoms with Crippen LogP contribution in [0.5, 0.6) is 0 Å². The van der Waals surface area contributed by atoms with Gasteiger partial charge in [-0.25, -0.2) is 8.78 Å². The molecule has 0 aromatic heterocycles. The van der Waals surface area contributed by atoms with Gasteiger partial charge in [-0.3, -0.25) is 0 Å². The predicted molar refractivity (Wildman–Crippen MR) is 64.6 cm³/mol.